The number of nitrogens with one attached hydrogen (secondary N) is 1. The number of ether oxygens (including phenoxy) is 1. The molecule has 3 aromatic rings. The lowest BCUT2D eigenvalue weighted by Crippen LogP contribution is -2.52. The number of anilines is 1. The molecule has 0 saturated heterocycles. The summed E-state index contributed by atoms with van der Waals surface area (Å²) >= 11 is 0. The molecule has 1 aromatic carbocycles. The van der Waals surface area contributed by atoms with Crippen molar-refractivity contribution in [1.29, 1.82) is 0 Å². The average molecular weight is 367 g/mol. The first-order valence-electron chi connectivity index (χ1n) is 7.42. The summed E-state index contributed by atoms with van der Waals surface area (Å²) in [7, 11) is 0.472. The van der Waals surface area contributed by atoms with Gasteiger partial charge in [0.15, 0.2) is 0 Å². The highest BCUT2D eigenvalue weighted by Gasteiger charge is 2.63. The zero-order chi connectivity index (χ0) is 18.9. The van der Waals surface area contributed by atoms with Crippen molar-refractivity contribution in [2.45, 2.75) is 12.0 Å². The van der Waals surface area contributed by atoms with Crippen LogP contribution in [0.3, 0.4) is 0 Å². The number of fused-ring (bicyclic) bond motifs is 1. The molecule has 0 radical (unpaired) electrons. The van der Waals surface area contributed by atoms with Crippen molar-refractivity contribution in [1.82, 2.24) is 9.38 Å². The predicted octanol–water partition coefficient (Wildman–Crippen LogP) is 3.81. The molecule has 0 fully saturated rings. The molecule has 0 spiro atoms. The molecule has 0 bridgehead atoms. The number of imidazole rings is 1. The highest BCUT2D eigenvalue weighted by atomic mass is 19.4. The number of nitrogens with zero attached hydrogens (tertiary/aromatic N) is 2. The van der Waals surface area contributed by atoms with Crippen molar-refractivity contribution in [3.63, 3.8) is 0 Å². The van der Waals surface area contributed by atoms with Gasteiger partial charge in [-0.15, -0.1) is 0 Å². The number of halogens is 4. The molecule has 26 heavy (non-hydrogen) atoms. The van der Waals surface area contributed by atoms with Gasteiger partial charge in [0.1, 0.15) is 17.2 Å². The number of rotatable bonds is 4. The van der Waals surface area contributed by atoms with Crippen LogP contribution in [0.25, 0.3) is 16.9 Å². The fourth-order valence-electron chi connectivity index (χ4n) is 2.44. The maximum atomic E-state index is 14.2. The van der Waals surface area contributed by atoms with E-state index >= 15 is 0 Å². The first-order valence-corrected chi connectivity index (χ1v) is 7.42. The molecule has 0 saturated carbocycles. The van der Waals surface area contributed by atoms with Crippen LogP contribution in [0.15, 0.2) is 54.7 Å². The van der Waals surface area contributed by atoms with Crippen LogP contribution in [0.4, 0.5) is 23.4 Å². The van der Waals surface area contributed by atoms with Crippen LogP contribution in [0, 0.1) is 0 Å². The van der Waals surface area contributed by atoms with Crippen molar-refractivity contribution in [2.24, 2.45) is 0 Å². The average Bonchev–Trinajstić information content (AvgIpc) is 2.99. The number of methoxy groups -OCH3 is 1. The number of benzene rings is 1. The Labute approximate surface area is 145 Å². The Morgan fingerprint density at radius 3 is 2.35 bits per heavy atom. The number of hydrogen-bond donors (Lipinski definition) is 1. The number of amides is 1. The highest BCUT2D eigenvalue weighted by Crippen LogP contribution is 2.37. The van der Waals surface area contributed by atoms with Gasteiger partial charge < -0.3 is 10.1 Å². The van der Waals surface area contributed by atoms with E-state index in [4.69, 9.17) is 0 Å². The van der Waals surface area contributed by atoms with Gasteiger partial charge in [-0.3, -0.25) is 9.20 Å². The van der Waals surface area contributed by atoms with E-state index in [0.29, 0.717) is 18.3 Å². The lowest BCUT2D eigenvalue weighted by atomic mass is 10.1. The van der Waals surface area contributed by atoms with Crippen molar-refractivity contribution in [3.8, 4) is 11.3 Å². The van der Waals surface area contributed by atoms with E-state index in [1.807, 2.05) is 5.32 Å². The molecule has 2 aromatic heterocycles. The Morgan fingerprint density at radius 2 is 1.73 bits per heavy atom. The Morgan fingerprint density at radius 1 is 1.08 bits per heavy atom. The number of carbonyl (C=O) groups is 1. The van der Waals surface area contributed by atoms with E-state index in [1.54, 1.807) is 48.5 Å². The van der Waals surface area contributed by atoms with Gasteiger partial charge in [-0.1, -0.05) is 36.4 Å². The third-order valence-corrected chi connectivity index (χ3v) is 3.75. The second-order valence-electron chi connectivity index (χ2n) is 5.36. The van der Waals surface area contributed by atoms with Crippen LogP contribution in [0.1, 0.15) is 0 Å². The minimum absolute atomic E-state index is 0.0971. The van der Waals surface area contributed by atoms with Crippen molar-refractivity contribution in [3.05, 3.63) is 54.7 Å². The molecule has 1 unspecified atom stereocenters. The molecule has 136 valence electrons. The number of aromatic nitrogens is 2. The van der Waals surface area contributed by atoms with Crippen LogP contribution in [-0.4, -0.2) is 34.4 Å². The summed E-state index contributed by atoms with van der Waals surface area (Å²) in [6, 6.07) is 13.4. The third kappa shape index (κ3) is 2.90. The maximum Gasteiger partial charge on any atom is 0.458 e. The molecule has 0 aliphatic rings. The molecule has 2 heterocycles. The summed E-state index contributed by atoms with van der Waals surface area (Å²) in [6.45, 7) is 0. The summed E-state index contributed by atoms with van der Waals surface area (Å²) in [6.07, 6.45) is -4.05. The van der Waals surface area contributed by atoms with Gasteiger partial charge in [-0.25, -0.2) is 4.98 Å². The van der Waals surface area contributed by atoms with Crippen molar-refractivity contribution < 1.29 is 27.1 Å². The minimum Gasteiger partial charge on any atom is -0.335 e. The summed E-state index contributed by atoms with van der Waals surface area (Å²) < 4.78 is 58.2. The van der Waals surface area contributed by atoms with Gasteiger partial charge >= 0.3 is 17.9 Å². The molecule has 3 rings (SSSR count). The van der Waals surface area contributed by atoms with E-state index in [2.05, 4.69) is 9.72 Å². The van der Waals surface area contributed by atoms with E-state index in [9.17, 15) is 22.4 Å². The molecule has 0 aliphatic carbocycles. The second kappa shape index (κ2) is 6.41. The van der Waals surface area contributed by atoms with Gasteiger partial charge in [0.25, 0.3) is 0 Å². The Kier molecular flexibility index (Phi) is 4.41. The van der Waals surface area contributed by atoms with E-state index < -0.39 is 17.9 Å². The SMILES string of the molecule is COC(F)(C(=O)Nc1c(-c2ccccc2)nc2ccccn12)C(F)(F)F. The standard InChI is InChI=1S/C17H13F4N3O2/c1-26-16(18,17(19,20)21)15(25)23-14-13(11-7-3-2-4-8-11)22-12-9-5-6-10-24(12)14/h2-10H,1H3,(H,23,25). The zero-order valence-electron chi connectivity index (χ0n) is 13.4. The number of pyridine rings is 1. The molecular formula is C17H13F4N3O2. The Bertz CT molecular complexity index is 940. The molecule has 1 N–H and O–H groups in total. The van der Waals surface area contributed by atoms with Gasteiger partial charge in [0.2, 0.25) is 0 Å². The van der Waals surface area contributed by atoms with Crippen LogP contribution in [0.2, 0.25) is 0 Å². The highest BCUT2D eigenvalue weighted by molar-refractivity contribution is 5.99. The lowest BCUT2D eigenvalue weighted by Gasteiger charge is -2.24. The smallest absolute Gasteiger partial charge is 0.335 e. The van der Waals surface area contributed by atoms with Crippen LogP contribution >= 0.6 is 0 Å². The molecule has 9 heteroatoms. The predicted molar refractivity (Wildman–Crippen MR) is 86.2 cm³/mol. The van der Waals surface area contributed by atoms with E-state index in [-0.39, 0.29) is 11.5 Å². The van der Waals surface area contributed by atoms with Crippen LogP contribution in [0.5, 0.6) is 0 Å². The summed E-state index contributed by atoms with van der Waals surface area (Å²) in [5.74, 6) is -6.57. The quantitative estimate of drug-likeness (QED) is 0.714. The van der Waals surface area contributed by atoms with Gasteiger partial charge in [-0.2, -0.15) is 17.6 Å². The zero-order valence-corrected chi connectivity index (χ0v) is 13.4. The number of alkyl halides is 4. The molecule has 1 atom stereocenters. The minimum atomic E-state index is -5.54. The van der Waals surface area contributed by atoms with Gasteiger partial charge in [0, 0.05) is 18.9 Å². The second-order valence-corrected chi connectivity index (χ2v) is 5.36. The molecule has 5 nitrogen and oxygen atoms in total. The van der Waals surface area contributed by atoms with Crippen molar-refractivity contribution >= 4 is 17.4 Å². The molecule has 0 aliphatic heterocycles. The fourth-order valence-corrected chi connectivity index (χ4v) is 2.44. The summed E-state index contributed by atoms with van der Waals surface area (Å²) in [5.41, 5.74) is 1.11. The Balaban J connectivity index is 2.11. The van der Waals surface area contributed by atoms with E-state index in [0.717, 1.165) is 0 Å². The Hall–Kier alpha value is -2.94. The van der Waals surface area contributed by atoms with Crippen LogP contribution in [-0.2, 0) is 9.53 Å². The van der Waals surface area contributed by atoms with Crippen LogP contribution < -0.4 is 5.32 Å². The third-order valence-electron chi connectivity index (χ3n) is 3.75. The number of hydrogen-bond acceptors (Lipinski definition) is 3. The number of carbonyl (C=O) groups excluding carboxylic acids is 1. The monoisotopic (exact) mass is 367 g/mol. The summed E-state index contributed by atoms with van der Waals surface area (Å²) in [4.78, 5) is 16.4. The normalized spacial score (nSPS) is 14.2. The largest absolute Gasteiger partial charge is 0.458 e. The first kappa shape index (κ1) is 17.9. The van der Waals surface area contributed by atoms with Crippen molar-refractivity contribution in [2.75, 3.05) is 12.4 Å². The van der Waals surface area contributed by atoms with Gasteiger partial charge in [0.05, 0.1) is 0 Å². The lowest BCUT2D eigenvalue weighted by molar-refractivity contribution is -0.305. The molecule has 1 amide bonds. The van der Waals surface area contributed by atoms with Gasteiger partial charge in [-0.05, 0) is 12.1 Å². The fraction of sp³-hybridized carbons (Fsp3) is 0.176. The first-order chi connectivity index (χ1) is 12.3. The molecular weight excluding hydrogens is 354 g/mol. The summed E-state index contributed by atoms with van der Waals surface area (Å²) in [5, 5.41) is 1.97. The topological polar surface area (TPSA) is 55.6 Å². The van der Waals surface area contributed by atoms with E-state index in [1.165, 1.54) is 10.6 Å². The maximum absolute atomic E-state index is 14.2.